The van der Waals surface area contributed by atoms with Crippen LogP contribution in [0.25, 0.3) is 10.9 Å². The van der Waals surface area contributed by atoms with E-state index < -0.39 is 0 Å². The molecule has 1 aliphatic rings. The highest BCUT2D eigenvalue weighted by molar-refractivity contribution is 6.35. The van der Waals surface area contributed by atoms with Crippen LogP contribution in [-0.4, -0.2) is 33.4 Å². The van der Waals surface area contributed by atoms with Crippen LogP contribution in [-0.2, 0) is 4.79 Å². The molecule has 0 unspecified atom stereocenters. The first-order chi connectivity index (χ1) is 11.0. The molecule has 1 amide bonds. The van der Waals surface area contributed by atoms with Gasteiger partial charge in [0.05, 0.1) is 28.3 Å². The van der Waals surface area contributed by atoms with Crippen molar-refractivity contribution in [3.8, 4) is 0 Å². The lowest BCUT2D eigenvalue weighted by molar-refractivity contribution is -0.136. The fourth-order valence-electron chi connectivity index (χ4n) is 3.15. The lowest BCUT2D eigenvalue weighted by Gasteiger charge is -2.34. The van der Waals surface area contributed by atoms with Gasteiger partial charge in [0.15, 0.2) is 0 Å². The molecule has 23 heavy (non-hydrogen) atoms. The van der Waals surface area contributed by atoms with Crippen molar-refractivity contribution in [1.82, 2.24) is 14.5 Å². The third-order valence-corrected chi connectivity index (χ3v) is 4.67. The average Bonchev–Trinajstić information content (AvgIpc) is 2.54. The number of nitrogens with zero attached hydrogens (tertiary/aromatic N) is 3. The Kier molecular flexibility index (Phi) is 4.39. The predicted molar refractivity (Wildman–Crippen MR) is 90.7 cm³/mol. The van der Waals surface area contributed by atoms with Gasteiger partial charge in [0.25, 0.3) is 5.56 Å². The van der Waals surface area contributed by atoms with Crippen molar-refractivity contribution in [2.45, 2.75) is 32.7 Å². The number of aromatic nitrogens is 2. The van der Waals surface area contributed by atoms with Crippen molar-refractivity contribution < 1.29 is 4.79 Å². The predicted octanol–water partition coefficient (Wildman–Crippen LogP) is 2.87. The molecule has 2 heterocycles. The Balaban J connectivity index is 1.97. The molecule has 1 aliphatic heterocycles. The fourth-order valence-corrected chi connectivity index (χ4v) is 3.40. The molecule has 0 saturated carbocycles. The first-order valence-electron chi connectivity index (χ1n) is 7.93. The molecule has 1 aromatic heterocycles. The molecule has 1 saturated heterocycles. The van der Waals surface area contributed by atoms with E-state index in [0.717, 1.165) is 19.4 Å². The number of piperidine rings is 1. The molecule has 122 valence electrons. The zero-order valence-electron chi connectivity index (χ0n) is 13.3. The van der Waals surface area contributed by atoms with E-state index in [1.165, 1.54) is 0 Å². The van der Waals surface area contributed by atoms with Crippen molar-refractivity contribution in [3.63, 3.8) is 0 Å². The van der Waals surface area contributed by atoms with E-state index in [-0.39, 0.29) is 23.4 Å². The number of rotatable bonds is 2. The van der Waals surface area contributed by atoms with Crippen molar-refractivity contribution in [2.75, 3.05) is 13.1 Å². The Morgan fingerprint density at radius 2 is 2.17 bits per heavy atom. The summed E-state index contributed by atoms with van der Waals surface area (Å²) >= 11 is 6.18. The third-order valence-electron chi connectivity index (χ3n) is 4.36. The number of amides is 1. The summed E-state index contributed by atoms with van der Waals surface area (Å²) in [6.07, 6.45) is 3.32. The van der Waals surface area contributed by atoms with Crippen molar-refractivity contribution in [2.24, 2.45) is 5.92 Å². The van der Waals surface area contributed by atoms with E-state index >= 15 is 0 Å². The number of carbonyl (C=O) groups excluding carboxylic acids is 1. The van der Waals surface area contributed by atoms with Gasteiger partial charge < -0.3 is 4.90 Å². The van der Waals surface area contributed by atoms with Gasteiger partial charge in [0, 0.05) is 19.0 Å². The lowest BCUT2D eigenvalue weighted by atomic mass is 10.0. The van der Waals surface area contributed by atoms with E-state index in [2.05, 4.69) is 4.98 Å². The maximum absolute atomic E-state index is 12.8. The summed E-state index contributed by atoms with van der Waals surface area (Å²) in [5.74, 6) is 0.101. The maximum atomic E-state index is 12.8. The van der Waals surface area contributed by atoms with Gasteiger partial charge in [0.2, 0.25) is 5.91 Å². The second-order valence-electron chi connectivity index (χ2n) is 6.33. The Morgan fingerprint density at radius 3 is 2.91 bits per heavy atom. The Morgan fingerprint density at radius 1 is 1.39 bits per heavy atom. The molecule has 0 aliphatic carbocycles. The number of fused-ring (bicyclic) bond motifs is 1. The van der Waals surface area contributed by atoms with Crippen LogP contribution in [0.2, 0.25) is 5.02 Å². The largest absolute Gasteiger partial charge is 0.340 e. The second-order valence-corrected chi connectivity index (χ2v) is 6.73. The highest BCUT2D eigenvalue weighted by atomic mass is 35.5. The van der Waals surface area contributed by atoms with Gasteiger partial charge in [0.1, 0.15) is 0 Å². The van der Waals surface area contributed by atoms with Crippen LogP contribution in [0.5, 0.6) is 0 Å². The van der Waals surface area contributed by atoms with Crippen LogP contribution >= 0.6 is 11.6 Å². The summed E-state index contributed by atoms with van der Waals surface area (Å²) in [7, 11) is 0. The van der Waals surface area contributed by atoms with Gasteiger partial charge in [-0.25, -0.2) is 4.98 Å². The molecule has 0 N–H and O–H groups in total. The third kappa shape index (κ3) is 2.98. The number of hydrogen-bond acceptors (Lipinski definition) is 3. The standard InChI is InChI=1S/C17H20ClN3O2/c1-11(2)16(22)20-8-4-5-12(9-20)21-10-19-14-7-3-6-13(18)15(14)17(21)23/h3,6-7,10-12H,4-5,8-9H2,1-2H3/t12-/m0/s1. The minimum absolute atomic E-state index is 0.0327. The van der Waals surface area contributed by atoms with Crippen LogP contribution in [0.4, 0.5) is 0 Å². The summed E-state index contributed by atoms with van der Waals surface area (Å²) < 4.78 is 1.63. The zero-order valence-corrected chi connectivity index (χ0v) is 14.1. The average molecular weight is 334 g/mol. The normalized spacial score (nSPS) is 18.6. The molecule has 5 nitrogen and oxygen atoms in total. The number of benzene rings is 1. The van der Waals surface area contributed by atoms with Crippen LogP contribution in [0.15, 0.2) is 29.3 Å². The summed E-state index contributed by atoms with van der Waals surface area (Å²) in [6, 6.07) is 5.22. The molecule has 1 aromatic carbocycles. The number of hydrogen-bond donors (Lipinski definition) is 0. The van der Waals surface area contributed by atoms with Crippen LogP contribution in [0, 0.1) is 5.92 Å². The molecule has 3 rings (SSSR count). The Labute approximate surface area is 139 Å². The van der Waals surface area contributed by atoms with E-state index in [1.807, 2.05) is 18.7 Å². The molecule has 0 radical (unpaired) electrons. The molecule has 1 atom stereocenters. The van der Waals surface area contributed by atoms with Gasteiger partial charge >= 0.3 is 0 Å². The Hall–Kier alpha value is -1.88. The monoisotopic (exact) mass is 333 g/mol. The van der Waals surface area contributed by atoms with Gasteiger partial charge in [-0.3, -0.25) is 14.2 Å². The van der Waals surface area contributed by atoms with Crippen LogP contribution in [0.3, 0.4) is 0 Å². The van der Waals surface area contributed by atoms with Gasteiger partial charge in [-0.05, 0) is 25.0 Å². The molecule has 0 bridgehead atoms. The topological polar surface area (TPSA) is 55.2 Å². The van der Waals surface area contributed by atoms with E-state index in [1.54, 1.807) is 29.1 Å². The van der Waals surface area contributed by atoms with E-state index in [9.17, 15) is 9.59 Å². The number of halogens is 1. The minimum atomic E-state index is -0.135. The minimum Gasteiger partial charge on any atom is -0.340 e. The Bertz CT molecular complexity index is 800. The summed E-state index contributed by atoms with van der Waals surface area (Å²) in [4.78, 5) is 31.2. The van der Waals surface area contributed by atoms with Crippen molar-refractivity contribution >= 4 is 28.4 Å². The molecule has 6 heteroatoms. The smallest absolute Gasteiger partial charge is 0.263 e. The highest BCUT2D eigenvalue weighted by Crippen LogP contribution is 2.23. The summed E-state index contributed by atoms with van der Waals surface area (Å²) in [5.41, 5.74) is 0.467. The maximum Gasteiger partial charge on any atom is 0.263 e. The highest BCUT2D eigenvalue weighted by Gasteiger charge is 2.27. The number of carbonyl (C=O) groups is 1. The van der Waals surface area contributed by atoms with E-state index in [4.69, 9.17) is 11.6 Å². The van der Waals surface area contributed by atoms with Crippen LogP contribution in [0.1, 0.15) is 32.7 Å². The van der Waals surface area contributed by atoms with Crippen molar-refractivity contribution in [1.29, 1.82) is 0 Å². The number of likely N-dealkylation sites (tertiary alicyclic amines) is 1. The zero-order chi connectivity index (χ0) is 16.6. The molecule has 2 aromatic rings. The van der Waals surface area contributed by atoms with Gasteiger partial charge in [-0.2, -0.15) is 0 Å². The molecular formula is C17H20ClN3O2. The van der Waals surface area contributed by atoms with Crippen molar-refractivity contribution in [3.05, 3.63) is 39.9 Å². The second kappa shape index (κ2) is 6.32. The SMILES string of the molecule is CC(C)C(=O)N1CCC[C@H](n2cnc3cccc(Cl)c3c2=O)C1. The lowest BCUT2D eigenvalue weighted by Crippen LogP contribution is -2.44. The van der Waals surface area contributed by atoms with Gasteiger partial charge in [-0.15, -0.1) is 0 Å². The first-order valence-corrected chi connectivity index (χ1v) is 8.31. The van der Waals surface area contributed by atoms with Gasteiger partial charge in [-0.1, -0.05) is 31.5 Å². The van der Waals surface area contributed by atoms with E-state index in [0.29, 0.717) is 22.5 Å². The molecule has 0 spiro atoms. The molecular weight excluding hydrogens is 314 g/mol. The fraction of sp³-hybridized carbons (Fsp3) is 0.471. The van der Waals surface area contributed by atoms with Crippen LogP contribution < -0.4 is 5.56 Å². The molecule has 1 fully saturated rings. The quantitative estimate of drug-likeness (QED) is 0.849. The summed E-state index contributed by atoms with van der Waals surface area (Å²) in [6.45, 7) is 5.10. The first kappa shape index (κ1) is 16.0. The summed E-state index contributed by atoms with van der Waals surface area (Å²) in [5, 5.41) is 0.865.